The minimum Gasteiger partial charge on any atom is -0.311 e. The van der Waals surface area contributed by atoms with Crippen LogP contribution >= 0.6 is 11.3 Å². The fraction of sp³-hybridized carbons (Fsp3) is 0.373. The lowest BCUT2D eigenvalue weighted by Crippen LogP contribution is -2.61. The van der Waals surface area contributed by atoms with Crippen LogP contribution in [-0.2, 0) is 32.5 Å². The summed E-state index contributed by atoms with van der Waals surface area (Å²) in [5.41, 5.74) is 26.7. The molecule has 0 fully saturated rings. The Morgan fingerprint density at radius 3 is 1.59 bits per heavy atom. The minimum absolute atomic E-state index is 0.0187. The number of hydrogen-bond acceptors (Lipinski definition) is 3. The Kier molecular flexibility index (Phi) is 9.29. The molecule has 0 radical (unpaired) electrons. The average molecular weight is 947 g/mol. The summed E-state index contributed by atoms with van der Waals surface area (Å²) in [6.07, 6.45) is 5.91. The van der Waals surface area contributed by atoms with Gasteiger partial charge in [-0.3, -0.25) is 0 Å². The van der Waals surface area contributed by atoms with Gasteiger partial charge in [-0.25, -0.2) is 0 Å². The Balaban J connectivity index is 1.19. The number of para-hydroxylation sites is 1. The molecule has 13 rings (SSSR count). The van der Waals surface area contributed by atoms with E-state index >= 15 is 0 Å². The van der Waals surface area contributed by atoms with E-state index in [0.717, 1.165) is 6.42 Å². The summed E-state index contributed by atoms with van der Waals surface area (Å²) in [7, 11) is 0. The molecule has 7 aromatic carbocycles. The largest absolute Gasteiger partial charge is 0.311 e. The van der Waals surface area contributed by atoms with Gasteiger partial charge in [-0.05, 0) is 193 Å². The van der Waals surface area contributed by atoms with Crippen LogP contribution in [0, 0.1) is 13.8 Å². The molecule has 0 bridgehead atoms. The second kappa shape index (κ2) is 14.6. The van der Waals surface area contributed by atoms with Gasteiger partial charge < -0.3 is 9.80 Å². The van der Waals surface area contributed by atoms with E-state index in [1.165, 1.54) is 152 Å². The summed E-state index contributed by atoms with van der Waals surface area (Å²) < 4.78 is 2.79. The van der Waals surface area contributed by atoms with Crippen LogP contribution in [0.3, 0.4) is 0 Å². The van der Waals surface area contributed by atoms with Crippen molar-refractivity contribution in [2.24, 2.45) is 0 Å². The highest BCUT2D eigenvalue weighted by molar-refractivity contribution is 7.26. The normalized spacial score (nSPS) is 20.0. The van der Waals surface area contributed by atoms with Crippen LogP contribution in [0.2, 0.25) is 0 Å². The maximum atomic E-state index is 2.75. The fourth-order valence-electron chi connectivity index (χ4n) is 14.9. The van der Waals surface area contributed by atoms with E-state index in [2.05, 4.69) is 222 Å². The quantitative estimate of drug-likeness (QED) is 0.163. The van der Waals surface area contributed by atoms with E-state index in [4.69, 9.17) is 0 Å². The molecule has 0 spiro atoms. The maximum absolute atomic E-state index is 2.75. The lowest BCUT2D eigenvalue weighted by Gasteiger charge is -2.47. The average Bonchev–Trinajstić information content (AvgIpc) is 3.78. The van der Waals surface area contributed by atoms with E-state index in [9.17, 15) is 0 Å². The predicted octanol–water partition coefficient (Wildman–Crippen LogP) is 17.1. The molecule has 3 aliphatic carbocycles. The molecule has 4 heteroatoms. The molecule has 0 amide bonds. The Labute approximate surface area is 428 Å². The number of hydrogen-bond donors (Lipinski definition) is 0. The first-order chi connectivity index (χ1) is 33.5. The Hall–Kier alpha value is -5.58. The number of nitrogens with zero attached hydrogens (tertiary/aromatic N) is 2. The number of aryl methyl sites for hydroxylation is 2. The first-order valence-corrected chi connectivity index (χ1v) is 27.6. The van der Waals surface area contributed by atoms with Gasteiger partial charge in [0, 0.05) is 43.9 Å². The predicted molar refractivity (Wildman–Crippen MR) is 310 cm³/mol. The molecule has 1 aromatic heterocycles. The lowest BCUT2D eigenvalue weighted by atomic mass is 9.33. The standard InChI is InChI=1S/C67H71BN2S/c1-39-20-18-19-23-53(39)70-57-32-42(41-21-16-15-17-22-41)31-56-59(57)68(51-25-24-43-44-33-46-50(37-58(44)71-61(43)60(51)70)65(9,10)29-27-63(46,5)6)52-34-47-49(67(13,14)38-66(47,11)12)36-55(52)69(56)54-35-48-45(30-40(54)2)62(3,4)26-28-64(48,7)8/h15-25,30-37H,26-29,38H2,1-14H3. The van der Waals surface area contributed by atoms with Crippen LogP contribution in [0.5, 0.6) is 0 Å². The molecule has 0 unspecified atom stereocenters. The molecule has 8 aromatic rings. The number of anilines is 6. The second-order valence-corrected chi connectivity index (χ2v) is 27.7. The summed E-state index contributed by atoms with van der Waals surface area (Å²) in [6.45, 7) is 34.5. The van der Waals surface area contributed by atoms with Gasteiger partial charge >= 0.3 is 0 Å². The zero-order valence-corrected chi connectivity index (χ0v) is 45.7. The lowest BCUT2D eigenvalue weighted by molar-refractivity contribution is 0.332. The molecular formula is C67H71BN2S. The summed E-state index contributed by atoms with van der Waals surface area (Å²) >= 11 is 2.03. The van der Waals surface area contributed by atoms with Gasteiger partial charge in [0.2, 0.25) is 0 Å². The van der Waals surface area contributed by atoms with Crippen molar-refractivity contribution >= 4 is 88.7 Å². The maximum Gasteiger partial charge on any atom is 0.252 e. The molecule has 358 valence electrons. The molecule has 0 saturated heterocycles. The zero-order valence-electron chi connectivity index (χ0n) is 44.9. The zero-order chi connectivity index (χ0) is 49.7. The highest BCUT2D eigenvalue weighted by Gasteiger charge is 2.50. The molecule has 0 saturated carbocycles. The van der Waals surface area contributed by atoms with E-state index in [0.29, 0.717) is 0 Å². The first kappa shape index (κ1) is 45.3. The second-order valence-electron chi connectivity index (χ2n) is 26.7. The van der Waals surface area contributed by atoms with E-state index in [1.54, 1.807) is 0 Å². The highest BCUT2D eigenvalue weighted by atomic mass is 32.1. The van der Waals surface area contributed by atoms with E-state index < -0.39 is 0 Å². The number of fused-ring (bicyclic) bond motifs is 11. The molecule has 0 atom stereocenters. The molecule has 5 aliphatic rings. The molecule has 71 heavy (non-hydrogen) atoms. The van der Waals surface area contributed by atoms with Crippen molar-refractivity contribution in [1.82, 2.24) is 0 Å². The van der Waals surface area contributed by atoms with E-state index in [1.807, 2.05) is 11.3 Å². The third kappa shape index (κ3) is 6.38. The fourth-order valence-corrected chi connectivity index (χ4v) is 16.2. The van der Waals surface area contributed by atoms with Crippen molar-refractivity contribution in [1.29, 1.82) is 0 Å². The van der Waals surface area contributed by atoms with Crippen molar-refractivity contribution in [2.45, 2.75) is 162 Å². The van der Waals surface area contributed by atoms with Crippen molar-refractivity contribution in [3.05, 3.63) is 160 Å². The Morgan fingerprint density at radius 2 is 0.944 bits per heavy atom. The smallest absolute Gasteiger partial charge is 0.252 e. The number of rotatable bonds is 3. The van der Waals surface area contributed by atoms with E-state index in [-0.39, 0.29) is 39.2 Å². The third-order valence-corrected chi connectivity index (χ3v) is 20.2. The van der Waals surface area contributed by atoms with Gasteiger partial charge in [-0.2, -0.15) is 0 Å². The van der Waals surface area contributed by atoms with Crippen molar-refractivity contribution in [2.75, 3.05) is 9.80 Å². The topological polar surface area (TPSA) is 6.48 Å². The number of thiophene rings is 1. The van der Waals surface area contributed by atoms with Gasteiger partial charge in [-0.15, -0.1) is 11.3 Å². The van der Waals surface area contributed by atoms with Crippen LogP contribution in [0.25, 0.3) is 31.3 Å². The van der Waals surface area contributed by atoms with Crippen molar-refractivity contribution in [3.63, 3.8) is 0 Å². The molecule has 2 aliphatic heterocycles. The third-order valence-electron chi connectivity index (χ3n) is 19.0. The Bertz CT molecular complexity index is 3620. The molecule has 2 nitrogen and oxygen atoms in total. The summed E-state index contributed by atoms with van der Waals surface area (Å²) in [5, 5.41) is 2.77. The van der Waals surface area contributed by atoms with Crippen molar-refractivity contribution < 1.29 is 0 Å². The number of benzene rings is 7. The van der Waals surface area contributed by atoms with Gasteiger partial charge in [0.1, 0.15) is 0 Å². The summed E-state index contributed by atoms with van der Waals surface area (Å²) in [5.74, 6) is 0. The summed E-state index contributed by atoms with van der Waals surface area (Å²) in [6, 6.07) is 46.3. The molecule has 0 N–H and O–H groups in total. The minimum atomic E-state index is 0.0187. The van der Waals surface area contributed by atoms with Crippen LogP contribution in [0.15, 0.2) is 115 Å². The Morgan fingerprint density at radius 1 is 0.408 bits per heavy atom. The molecule has 3 heterocycles. The van der Waals surface area contributed by atoms with Gasteiger partial charge in [0.05, 0.1) is 10.4 Å². The van der Waals surface area contributed by atoms with Gasteiger partial charge in [0.25, 0.3) is 6.71 Å². The SMILES string of the molecule is Cc1cc2c(cc1N1c3cc4c(cc3B3c5ccc6c(sc7cc8c(cc76)C(C)(C)CCC8(C)C)c5N(c5ccccc5C)c5cc(-c6ccccc6)cc1c53)C(C)(C)CC4(C)C)C(C)(C)CCC2(C)C. The van der Waals surface area contributed by atoms with Crippen LogP contribution < -0.4 is 26.2 Å². The molecular weight excluding hydrogens is 876 g/mol. The van der Waals surface area contributed by atoms with Crippen LogP contribution in [-0.4, -0.2) is 6.71 Å². The summed E-state index contributed by atoms with van der Waals surface area (Å²) in [4.78, 5) is 5.46. The van der Waals surface area contributed by atoms with Crippen molar-refractivity contribution in [3.8, 4) is 11.1 Å². The highest BCUT2D eigenvalue weighted by Crippen LogP contribution is 2.57. The first-order valence-electron chi connectivity index (χ1n) is 26.8. The van der Waals surface area contributed by atoms with Crippen LogP contribution in [0.4, 0.5) is 34.1 Å². The van der Waals surface area contributed by atoms with Gasteiger partial charge in [-0.1, -0.05) is 156 Å². The van der Waals surface area contributed by atoms with Crippen LogP contribution in [0.1, 0.15) is 160 Å². The monoisotopic (exact) mass is 947 g/mol. The van der Waals surface area contributed by atoms with Gasteiger partial charge in [0.15, 0.2) is 0 Å².